The van der Waals surface area contributed by atoms with E-state index in [-0.39, 0.29) is 31.2 Å². The second kappa shape index (κ2) is 12.4. The zero-order valence-electron chi connectivity index (χ0n) is 17.2. The summed E-state index contributed by atoms with van der Waals surface area (Å²) in [7, 11) is 0. The Hall–Kier alpha value is -3.03. The summed E-state index contributed by atoms with van der Waals surface area (Å²) in [6, 6.07) is 7.59. The molecule has 0 aromatic heterocycles. The first-order valence-corrected chi connectivity index (χ1v) is 9.65. The highest BCUT2D eigenvalue weighted by molar-refractivity contribution is 6.26. The Morgan fingerprint density at radius 2 is 1.66 bits per heavy atom. The molecule has 0 unspecified atom stereocenters. The number of rotatable bonds is 12. The number of benzene rings is 1. The molecule has 8 nitrogen and oxygen atoms in total. The maximum atomic E-state index is 12.7. The molecule has 3 amide bonds. The van der Waals surface area contributed by atoms with Crippen LogP contribution in [-0.2, 0) is 25.7 Å². The average molecular weight is 402 g/mol. The lowest BCUT2D eigenvalue weighted by Crippen LogP contribution is -2.53. The molecular weight excluding hydrogens is 372 g/mol. The van der Waals surface area contributed by atoms with Crippen molar-refractivity contribution < 1.29 is 19.2 Å². The van der Waals surface area contributed by atoms with E-state index in [0.717, 1.165) is 5.56 Å². The van der Waals surface area contributed by atoms with Crippen LogP contribution in [0, 0.1) is 11.3 Å². The molecule has 29 heavy (non-hydrogen) atoms. The number of nitrogens with one attached hydrogen (secondary N) is 4. The molecule has 0 saturated heterocycles. The predicted molar refractivity (Wildman–Crippen MR) is 110 cm³/mol. The van der Waals surface area contributed by atoms with Gasteiger partial charge in [-0.15, -0.1) is 0 Å². The molecule has 8 heteroatoms. The van der Waals surface area contributed by atoms with Crippen molar-refractivity contribution in [2.45, 2.75) is 58.7 Å². The quantitative estimate of drug-likeness (QED) is 0.393. The maximum absolute atomic E-state index is 12.7. The number of carbonyl (C=O) groups excluding carboxylic acids is 4. The molecule has 4 N–H and O–H groups in total. The molecule has 1 aromatic carbocycles. The van der Waals surface area contributed by atoms with Crippen molar-refractivity contribution in [1.29, 1.82) is 5.41 Å². The fourth-order valence-corrected chi connectivity index (χ4v) is 2.76. The summed E-state index contributed by atoms with van der Waals surface area (Å²) in [6.07, 6.45) is 1.14. The molecule has 0 heterocycles. The molecule has 1 rings (SSSR count). The van der Waals surface area contributed by atoms with Crippen molar-refractivity contribution in [3.8, 4) is 0 Å². The van der Waals surface area contributed by atoms with Crippen LogP contribution in [0.5, 0.6) is 0 Å². The smallest absolute Gasteiger partial charge is 0.243 e. The van der Waals surface area contributed by atoms with Gasteiger partial charge in [-0.2, -0.15) is 0 Å². The van der Waals surface area contributed by atoms with Crippen molar-refractivity contribution in [3.05, 3.63) is 35.9 Å². The summed E-state index contributed by atoms with van der Waals surface area (Å²) in [4.78, 5) is 48.2. The lowest BCUT2D eigenvalue weighted by Gasteiger charge is -2.23. The minimum atomic E-state index is -0.946. The molecule has 0 aliphatic carbocycles. The van der Waals surface area contributed by atoms with Crippen LogP contribution in [0.3, 0.4) is 0 Å². The van der Waals surface area contributed by atoms with E-state index in [4.69, 9.17) is 5.41 Å². The van der Waals surface area contributed by atoms with Gasteiger partial charge in [0.15, 0.2) is 5.78 Å². The Morgan fingerprint density at radius 1 is 1.00 bits per heavy atom. The number of hydrogen-bond donors (Lipinski definition) is 4. The van der Waals surface area contributed by atoms with E-state index in [1.807, 2.05) is 44.2 Å². The average Bonchev–Trinajstić information content (AvgIpc) is 2.68. The van der Waals surface area contributed by atoms with E-state index in [9.17, 15) is 19.2 Å². The van der Waals surface area contributed by atoms with Crippen LogP contribution in [0.25, 0.3) is 0 Å². The molecule has 0 saturated carbocycles. The Bertz CT molecular complexity index is 719. The van der Waals surface area contributed by atoms with Gasteiger partial charge in [-0.05, 0) is 24.3 Å². The fourth-order valence-electron chi connectivity index (χ4n) is 2.76. The maximum Gasteiger partial charge on any atom is 0.243 e. The third-order valence-electron chi connectivity index (χ3n) is 4.18. The lowest BCUT2D eigenvalue weighted by molar-refractivity contribution is -0.132. The lowest BCUT2D eigenvalue weighted by atomic mass is 10.0. The highest BCUT2D eigenvalue weighted by atomic mass is 16.2. The molecule has 0 spiro atoms. The van der Waals surface area contributed by atoms with E-state index in [2.05, 4.69) is 16.0 Å². The van der Waals surface area contributed by atoms with Gasteiger partial charge in [-0.1, -0.05) is 44.2 Å². The molecule has 0 fully saturated rings. The van der Waals surface area contributed by atoms with Crippen molar-refractivity contribution in [1.82, 2.24) is 16.0 Å². The van der Waals surface area contributed by atoms with Crippen LogP contribution < -0.4 is 16.0 Å². The first kappa shape index (κ1) is 24.0. The Morgan fingerprint density at radius 3 is 2.21 bits per heavy atom. The van der Waals surface area contributed by atoms with Gasteiger partial charge in [-0.3, -0.25) is 19.2 Å². The minimum absolute atomic E-state index is 0.0395. The van der Waals surface area contributed by atoms with Gasteiger partial charge < -0.3 is 21.4 Å². The van der Waals surface area contributed by atoms with E-state index < -0.39 is 29.7 Å². The standard InChI is InChI=1S/C21H30N4O4/c1-14(2)11-19(24-15(3)26)21(29)25-18(10-9-17(27)12-22)20(28)23-13-16-7-5-4-6-8-16/h4-8,12,14,18-19,22H,9-11,13H2,1-3H3,(H,23,28)(H,24,26)(H,25,29)/t18-,19-/m0/s1. The molecular formula is C21H30N4O4. The van der Waals surface area contributed by atoms with Crippen LogP contribution in [0.15, 0.2) is 30.3 Å². The largest absolute Gasteiger partial charge is 0.350 e. The first-order valence-electron chi connectivity index (χ1n) is 9.65. The predicted octanol–water partition coefficient (Wildman–Crippen LogP) is 1.34. The second-order valence-corrected chi connectivity index (χ2v) is 7.30. The molecule has 0 aliphatic rings. The van der Waals surface area contributed by atoms with Crippen molar-refractivity contribution in [2.75, 3.05) is 0 Å². The molecule has 158 valence electrons. The molecule has 0 aliphatic heterocycles. The van der Waals surface area contributed by atoms with E-state index >= 15 is 0 Å². The SMILES string of the molecule is CC(=O)N[C@@H](CC(C)C)C(=O)N[C@@H](CCC(=O)C=N)C(=O)NCc1ccccc1. The van der Waals surface area contributed by atoms with Crippen LogP contribution in [0.4, 0.5) is 0 Å². The molecule has 0 radical (unpaired) electrons. The zero-order chi connectivity index (χ0) is 21.8. The van der Waals surface area contributed by atoms with Crippen molar-refractivity contribution in [3.63, 3.8) is 0 Å². The number of ketones is 1. The first-order chi connectivity index (χ1) is 13.7. The number of amides is 3. The van der Waals surface area contributed by atoms with Gasteiger partial charge in [0.05, 0.1) is 6.21 Å². The van der Waals surface area contributed by atoms with Gasteiger partial charge in [0.25, 0.3) is 0 Å². The summed E-state index contributed by atoms with van der Waals surface area (Å²) < 4.78 is 0. The molecule has 2 atom stereocenters. The summed E-state index contributed by atoms with van der Waals surface area (Å²) in [6.45, 7) is 5.46. The summed E-state index contributed by atoms with van der Waals surface area (Å²) in [5, 5.41) is 15.0. The van der Waals surface area contributed by atoms with E-state index in [1.54, 1.807) is 0 Å². The van der Waals surface area contributed by atoms with Crippen molar-refractivity contribution in [2.24, 2.45) is 5.92 Å². The number of carbonyl (C=O) groups is 4. The Labute approximate surface area is 171 Å². The van der Waals surface area contributed by atoms with E-state index in [0.29, 0.717) is 12.6 Å². The number of Topliss-reactive ketones (excluding diaryl/α,β-unsaturated/α-hetero) is 1. The molecule has 1 aromatic rings. The highest BCUT2D eigenvalue weighted by Crippen LogP contribution is 2.07. The topological polar surface area (TPSA) is 128 Å². The van der Waals surface area contributed by atoms with E-state index in [1.165, 1.54) is 6.92 Å². The van der Waals surface area contributed by atoms with Gasteiger partial charge in [0.1, 0.15) is 12.1 Å². The fraction of sp³-hybridized carbons (Fsp3) is 0.476. The van der Waals surface area contributed by atoms with Gasteiger partial charge in [0, 0.05) is 19.9 Å². The Balaban J connectivity index is 2.83. The van der Waals surface area contributed by atoms with Gasteiger partial charge >= 0.3 is 0 Å². The highest BCUT2D eigenvalue weighted by Gasteiger charge is 2.27. The number of hydrogen-bond acceptors (Lipinski definition) is 5. The summed E-state index contributed by atoms with van der Waals surface area (Å²) >= 11 is 0. The zero-order valence-corrected chi connectivity index (χ0v) is 17.2. The Kier molecular flexibility index (Phi) is 10.3. The second-order valence-electron chi connectivity index (χ2n) is 7.30. The normalized spacial score (nSPS) is 12.6. The van der Waals surface area contributed by atoms with Crippen LogP contribution in [0.2, 0.25) is 0 Å². The third-order valence-corrected chi connectivity index (χ3v) is 4.18. The van der Waals surface area contributed by atoms with Crippen LogP contribution >= 0.6 is 0 Å². The molecule has 0 bridgehead atoms. The third kappa shape index (κ3) is 9.64. The van der Waals surface area contributed by atoms with Gasteiger partial charge in [0.2, 0.25) is 17.7 Å². The monoisotopic (exact) mass is 402 g/mol. The van der Waals surface area contributed by atoms with Crippen LogP contribution in [0.1, 0.15) is 45.6 Å². The van der Waals surface area contributed by atoms with Gasteiger partial charge in [-0.25, -0.2) is 0 Å². The van der Waals surface area contributed by atoms with Crippen molar-refractivity contribution >= 4 is 29.7 Å². The summed E-state index contributed by atoms with van der Waals surface area (Å²) in [5.41, 5.74) is 0.900. The summed E-state index contributed by atoms with van der Waals surface area (Å²) in [5.74, 6) is -1.51. The minimum Gasteiger partial charge on any atom is -0.350 e. The van der Waals surface area contributed by atoms with Crippen LogP contribution in [-0.4, -0.2) is 41.8 Å².